The van der Waals surface area contributed by atoms with E-state index in [0.717, 1.165) is 24.0 Å². The molecule has 0 unspecified atom stereocenters. The summed E-state index contributed by atoms with van der Waals surface area (Å²) in [7, 11) is 0. The fourth-order valence-corrected chi connectivity index (χ4v) is 1.21. The maximum absolute atomic E-state index is 12.0. The highest BCUT2D eigenvalue weighted by Crippen LogP contribution is 2.26. The Morgan fingerprint density at radius 1 is 1.19 bits per heavy atom. The lowest BCUT2D eigenvalue weighted by Gasteiger charge is -2.20. The molecular formula is C15H24O. The third-order valence-electron chi connectivity index (χ3n) is 2.56. The molecule has 0 heterocycles. The van der Waals surface area contributed by atoms with Gasteiger partial charge in [0.1, 0.15) is 0 Å². The van der Waals surface area contributed by atoms with E-state index in [-0.39, 0.29) is 11.2 Å². The smallest absolute Gasteiger partial charge is 0.184 e. The van der Waals surface area contributed by atoms with E-state index in [2.05, 4.69) is 13.2 Å². The van der Waals surface area contributed by atoms with Crippen LogP contribution in [0.15, 0.2) is 36.0 Å². The summed E-state index contributed by atoms with van der Waals surface area (Å²) < 4.78 is 0. The van der Waals surface area contributed by atoms with Crippen molar-refractivity contribution in [2.75, 3.05) is 0 Å². The van der Waals surface area contributed by atoms with Crippen molar-refractivity contribution in [2.45, 2.75) is 47.5 Å². The van der Waals surface area contributed by atoms with Crippen molar-refractivity contribution in [3.63, 3.8) is 0 Å². The molecule has 1 heteroatoms. The van der Waals surface area contributed by atoms with Gasteiger partial charge in [-0.2, -0.15) is 0 Å². The third-order valence-corrected chi connectivity index (χ3v) is 2.56. The van der Waals surface area contributed by atoms with Crippen LogP contribution in [0.1, 0.15) is 47.5 Å². The van der Waals surface area contributed by atoms with E-state index in [4.69, 9.17) is 0 Å². The van der Waals surface area contributed by atoms with Crippen molar-refractivity contribution < 1.29 is 4.79 Å². The van der Waals surface area contributed by atoms with Crippen LogP contribution in [0.2, 0.25) is 0 Å². The number of ketones is 1. The summed E-state index contributed by atoms with van der Waals surface area (Å²) in [5.41, 5.74) is 2.46. The molecule has 0 aliphatic heterocycles. The number of hydrogen-bond donors (Lipinski definition) is 0. The van der Waals surface area contributed by atoms with Gasteiger partial charge in [-0.15, -0.1) is 6.58 Å². The molecule has 0 aromatic heterocycles. The second-order valence-corrected chi connectivity index (χ2v) is 5.44. The first kappa shape index (κ1) is 14.9. The summed E-state index contributed by atoms with van der Waals surface area (Å²) >= 11 is 0. The summed E-state index contributed by atoms with van der Waals surface area (Å²) in [6, 6.07) is 0. The Morgan fingerprint density at radius 2 is 1.69 bits per heavy atom. The van der Waals surface area contributed by atoms with Crippen LogP contribution in [0, 0.1) is 5.41 Å². The summed E-state index contributed by atoms with van der Waals surface area (Å²) in [5.74, 6) is 0.0780. The summed E-state index contributed by atoms with van der Waals surface area (Å²) in [5, 5.41) is 0. The minimum Gasteiger partial charge on any atom is -0.289 e. The number of hydrogen-bond acceptors (Lipinski definition) is 1. The van der Waals surface area contributed by atoms with Gasteiger partial charge in [-0.25, -0.2) is 0 Å². The molecule has 0 bridgehead atoms. The van der Waals surface area contributed by atoms with Crippen molar-refractivity contribution in [3.05, 3.63) is 36.0 Å². The van der Waals surface area contributed by atoms with Crippen LogP contribution in [0.4, 0.5) is 0 Å². The molecule has 90 valence electrons. The predicted octanol–water partition coefficient (Wildman–Crippen LogP) is 4.46. The molecule has 0 radical (unpaired) electrons. The van der Waals surface area contributed by atoms with Gasteiger partial charge >= 0.3 is 0 Å². The molecule has 0 saturated heterocycles. The average Bonchev–Trinajstić information content (AvgIpc) is 2.13. The van der Waals surface area contributed by atoms with Crippen LogP contribution in [-0.4, -0.2) is 5.78 Å². The zero-order chi connectivity index (χ0) is 12.9. The highest BCUT2D eigenvalue weighted by Gasteiger charge is 2.21. The second-order valence-electron chi connectivity index (χ2n) is 5.44. The monoisotopic (exact) mass is 220 g/mol. The molecule has 0 aromatic rings. The summed E-state index contributed by atoms with van der Waals surface area (Å²) in [6.07, 6.45) is 3.80. The van der Waals surface area contributed by atoms with Gasteiger partial charge in [0, 0.05) is 0 Å². The zero-order valence-electron chi connectivity index (χ0n) is 11.3. The quantitative estimate of drug-likeness (QED) is 0.494. The SMILES string of the molecule is C=C(C)CC/C=C(\C)C(=O)C(=C)C(C)(C)C. The lowest BCUT2D eigenvalue weighted by molar-refractivity contribution is -0.113. The highest BCUT2D eigenvalue weighted by molar-refractivity contribution is 6.08. The summed E-state index contributed by atoms with van der Waals surface area (Å²) in [4.78, 5) is 12.0. The molecule has 0 N–H and O–H groups in total. The minimum atomic E-state index is -0.152. The van der Waals surface area contributed by atoms with Crippen molar-refractivity contribution in [3.8, 4) is 0 Å². The Morgan fingerprint density at radius 3 is 2.06 bits per heavy atom. The van der Waals surface area contributed by atoms with E-state index in [9.17, 15) is 4.79 Å². The van der Waals surface area contributed by atoms with Crippen LogP contribution < -0.4 is 0 Å². The first-order valence-corrected chi connectivity index (χ1v) is 5.71. The molecule has 0 spiro atoms. The molecule has 16 heavy (non-hydrogen) atoms. The number of allylic oxidation sites excluding steroid dienone is 4. The van der Waals surface area contributed by atoms with E-state index in [1.54, 1.807) is 0 Å². The van der Waals surface area contributed by atoms with Crippen LogP contribution in [0.25, 0.3) is 0 Å². The molecule has 1 nitrogen and oxygen atoms in total. The maximum Gasteiger partial charge on any atom is 0.184 e. The molecule has 0 amide bonds. The standard InChI is InChI=1S/C15H24O/c1-11(2)9-8-10-12(3)14(16)13(4)15(5,6)7/h10H,1,4,8-9H2,2-3,5-7H3/b12-10+. The van der Waals surface area contributed by atoms with E-state index in [1.165, 1.54) is 0 Å². The lowest BCUT2D eigenvalue weighted by atomic mass is 9.83. The van der Waals surface area contributed by atoms with Gasteiger partial charge in [-0.1, -0.05) is 39.0 Å². The van der Waals surface area contributed by atoms with Gasteiger partial charge in [0.15, 0.2) is 5.78 Å². The molecule has 0 rings (SSSR count). The van der Waals surface area contributed by atoms with Crippen LogP contribution >= 0.6 is 0 Å². The number of rotatable bonds is 5. The van der Waals surface area contributed by atoms with Gasteiger partial charge in [-0.3, -0.25) is 4.79 Å². The first-order valence-electron chi connectivity index (χ1n) is 5.71. The fourth-order valence-electron chi connectivity index (χ4n) is 1.21. The zero-order valence-corrected chi connectivity index (χ0v) is 11.3. The molecule has 0 aliphatic rings. The van der Waals surface area contributed by atoms with Crippen LogP contribution in [0.5, 0.6) is 0 Å². The normalized spacial score (nSPS) is 12.4. The molecular weight excluding hydrogens is 196 g/mol. The third kappa shape index (κ3) is 5.11. The van der Waals surface area contributed by atoms with Crippen LogP contribution in [-0.2, 0) is 4.79 Å². The van der Waals surface area contributed by atoms with Crippen molar-refractivity contribution in [2.24, 2.45) is 5.41 Å². The maximum atomic E-state index is 12.0. The van der Waals surface area contributed by atoms with Crippen molar-refractivity contribution in [1.29, 1.82) is 0 Å². The van der Waals surface area contributed by atoms with Crippen molar-refractivity contribution >= 4 is 5.78 Å². The Labute approximate surface area is 99.9 Å². The van der Waals surface area contributed by atoms with Gasteiger partial charge in [0.05, 0.1) is 0 Å². The van der Waals surface area contributed by atoms with Crippen molar-refractivity contribution in [1.82, 2.24) is 0 Å². The first-order chi connectivity index (χ1) is 7.16. The van der Waals surface area contributed by atoms with Gasteiger partial charge in [0.25, 0.3) is 0 Å². The fraction of sp³-hybridized carbons (Fsp3) is 0.533. The van der Waals surface area contributed by atoms with Gasteiger partial charge in [-0.05, 0) is 43.3 Å². The van der Waals surface area contributed by atoms with Gasteiger partial charge < -0.3 is 0 Å². The molecule has 0 saturated carbocycles. The molecule has 0 aromatic carbocycles. The minimum absolute atomic E-state index is 0.0780. The Balaban J connectivity index is 4.50. The van der Waals surface area contributed by atoms with E-state index in [0.29, 0.717) is 5.57 Å². The molecule has 0 atom stereocenters. The number of carbonyl (C=O) groups is 1. The second kappa shape index (κ2) is 5.83. The number of Topliss-reactive ketones (excluding diaryl/α,β-unsaturated/α-hetero) is 1. The highest BCUT2D eigenvalue weighted by atomic mass is 16.1. The largest absolute Gasteiger partial charge is 0.289 e. The molecule has 0 aliphatic carbocycles. The van der Waals surface area contributed by atoms with Crippen LogP contribution in [0.3, 0.4) is 0 Å². The Hall–Kier alpha value is -1.11. The average molecular weight is 220 g/mol. The lowest BCUT2D eigenvalue weighted by Crippen LogP contribution is -2.17. The molecule has 0 fully saturated rings. The van der Waals surface area contributed by atoms with E-state index < -0.39 is 0 Å². The van der Waals surface area contributed by atoms with E-state index >= 15 is 0 Å². The topological polar surface area (TPSA) is 17.1 Å². The Bertz CT molecular complexity index is 324. The predicted molar refractivity (Wildman–Crippen MR) is 71.4 cm³/mol. The Kier molecular flexibility index (Phi) is 5.43. The van der Waals surface area contributed by atoms with E-state index in [1.807, 2.05) is 40.7 Å². The number of carbonyl (C=O) groups excluding carboxylic acids is 1. The van der Waals surface area contributed by atoms with Gasteiger partial charge in [0.2, 0.25) is 0 Å². The summed E-state index contributed by atoms with van der Waals surface area (Å²) in [6.45, 7) is 17.6.